The van der Waals surface area contributed by atoms with E-state index in [0.717, 1.165) is 23.8 Å². The number of nitrogens with zero attached hydrogens (tertiary/aromatic N) is 4. The van der Waals surface area contributed by atoms with Crippen LogP contribution in [0, 0.1) is 23.0 Å². The quantitative estimate of drug-likeness (QED) is 0.0357. The van der Waals surface area contributed by atoms with Crippen LogP contribution in [0.4, 0.5) is 8.78 Å². The second-order valence-corrected chi connectivity index (χ2v) is 20.4. The summed E-state index contributed by atoms with van der Waals surface area (Å²) in [5.74, 6) is -10.2. The summed E-state index contributed by atoms with van der Waals surface area (Å²) in [6.07, 6.45) is 2.26. The van der Waals surface area contributed by atoms with Gasteiger partial charge >= 0.3 is 5.97 Å². The van der Waals surface area contributed by atoms with E-state index < -0.39 is 126 Å². The minimum atomic E-state index is -1.70. The molecule has 0 fully saturated rings. The number of carboxylic acid groups (broad SMARTS) is 1. The summed E-state index contributed by atoms with van der Waals surface area (Å²) in [6, 6.07) is 11.9. The number of benzene rings is 2. The van der Waals surface area contributed by atoms with Crippen molar-refractivity contribution in [2.75, 3.05) is 33.3 Å². The number of amides is 7. The Hall–Kier alpha value is -8.21. The van der Waals surface area contributed by atoms with Crippen molar-refractivity contribution >= 4 is 58.9 Å². The molecular weight excluding hydrogens is 1030 g/mol. The topological polar surface area (TPSA) is 310 Å². The highest BCUT2D eigenvalue weighted by Crippen LogP contribution is 2.41. The average molecular weight is 1100 g/mol. The van der Waals surface area contributed by atoms with Crippen LogP contribution in [0.5, 0.6) is 0 Å². The molecule has 0 saturated heterocycles. The molecule has 2 aromatic heterocycles. The Morgan fingerprint density at radius 2 is 1.46 bits per heavy atom. The molecule has 0 aliphatic heterocycles. The van der Waals surface area contributed by atoms with Crippen LogP contribution >= 0.6 is 0 Å². The van der Waals surface area contributed by atoms with E-state index in [0.29, 0.717) is 11.3 Å². The summed E-state index contributed by atoms with van der Waals surface area (Å²) >= 11 is 0. The van der Waals surface area contributed by atoms with E-state index in [4.69, 9.17) is 10.8 Å². The maximum Gasteiger partial charge on any atom is 0.303 e. The van der Waals surface area contributed by atoms with Crippen LogP contribution in [0.2, 0.25) is 0 Å². The molecule has 23 heteroatoms. The number of carbonyl (C=O) groups excluding carboxylic acids is 9. The number of carbonyl (C=O) groups is 10. The van der Waals surface area contributed by atoms with E-state index in [-0.39, 0.29) is 75.2 Å². The summed E-state index contributed by atoms with van der Waals surface area (Å²) in [5.41, 5.74) is 6.77. The lowest BCUT2D eigenvalue weighted by Crippen LogP contribution is -2.56. The number of halogens is 2. The fourth-order valence-corrected chi connectivity index (χ4v) is 8.65. The van der Waals surface area contributed by atoms with Crippen molar-refractivity contribution in [1.82, 2.24) is 40.6 Å². The normalized spacial score (nSPS) is 13.1. The van der Waals surface area contributed by atoms with Gasteiger partial charge in [0.05, 0.1) is 37.9 Å². The number of hydrogen-bond acceptors (Lipinski definition) is 12. The Kier molecular flexibility index (Phi) is 24.1. The molecule has 5 atom stereocenters. The summed E-state index contributed by atoms with van der Waals surface area (Å²) in [5, 5.41) is 29.3. The Morgan fingerprint density at radius 3 is 2.09 bits per heavy atom. The first-order chi connectivity index (χ1) is 37.3. The van der Waals surface area contributed by atoms with E-state index in [9.17, 15) is 57.4 Å². The molecule has 4 rings (SSSR count). The Labute approximate surface area is 457 Å². The summed E-state index contributed by atoms with van der Waals surface area (Å²) in [7, 11) is 1.45. The van der Waals surface area contributed by atoms with Crippen molar-refractivity contribution in [3.8, 4) is 11.1 Å². The molecule has 0 aliphatic carbocycles. The predicted molar refractivity (Wildman–Crippen MR) is 285 cm³/mol. The Morgan fingerprint density at radius 1 is 0.785 bits per heavy atom. The molecule has 4 aromatic rings. The van der Waals surface area contributed by atoms with Crippen LogP contribution in [0.15, 0.2) is 85.3 Å². The van der Waals surface area contributed by atoms with Gasteiger partial charge in [-0.2, -0.15) is 0 Å². The third-order valence-corrected chi connectivity index (χ3v) is 13.0. The van der Waals surface area contributed by atoms with Crippen LogP contribution in [0.25, 0.3) is 11.1 Å². The van der Waals surface area contributed by atoms with Gasteiger partial charge in [-0.3, -0.25) is 52.9 Å². The molecule has 0 unspecified atom stereocenters. The highest BCUT2D eigenvalue weighted by atomic mass is 19.1. The SMILES string of the molecule is C[C@H](CC(=O)[C@H](C)N(C)C(=O)Cc1ccncc1)C(=O)N[C@@H](CC(N)=O)C(=O)N[C@@H](CCN(C(=O)CO)[C@@H](c1cc(-c2cc(F)ccc2F)cn1Cc1ccccc1)C(C)(C)C)C(=O)NCCCC(=O)CNC(=O)CCC(=O)O. The molecule has 21 nitrogen and oxygen atoms in total. The molecule has 0 radical (unpaired) electrons. The van der Waals surface area contributed by atoms with Crippen molar-refractivity contribution in [3.63, 3.8) is 0 Å². The number of ketones is 2. The number of pyridine rings is 1. The van der Waals surface area contributed by atoms with Crippen molar-refractivity contribution in [3.05, 3.63) is 114 Å². The highest BCUT2D eigenvalue weighted by molar-refractivity contribution is 5.97. The first kappa shape index (κ1) is 63.3. The van der Waals surface area contributed by atoms with Gasteiger partial charge < -0.3 is 51.6 Å². The van der Waals surface area contributed by atoms with Gasteiger partial charge in [-0.1, -0.05) is 58.0 Å². The summed E-state index contributed by atoms with van der Waals surface area (Å²) < 4.78 is 31.8. The van der Waals surface area contributed by atoms with E-state index in [2.05, 4.69) is 26.3 Å². The predicted octanol–water partition coefficient (Wildman–Crippen LogP) is 3.15. The van der Waals surface area contributed by atoms with Gasteiger partial charge in [-0.25, -0.2) is 8.78 Å². The van der Waals surface area contributed by atoms with Gasteiger partial charge in [0.15, 0.2) is 11.6 Å². The third-order valence-electron chi connectivity index (χ3n) is 13.0. The van der Waals surface area contributed by atoms with Crippen molar-refractivity contribution < 1.29 is 66.9 Å². The van der Waals surface area contributed by atoms with Crippen LogP contribution in [-0.2, 0) is 60.9 Å². The number of likely N-dealkylation sites (N-methyl/N-ethyl adjacent to an activating group) is 1. The number of hydrogen-bond donors (Lipinski definition) is 7. The number of aliphatic hydroxyl groups is 1. The number of nitrogens with two attached hydrogens (primary N) is 1. The fourth-order valence-electron chi connectivity index (χ4n) is 8.65. The molecule has 2 heterocycles. The van der Waals surface area contributed by atoms with Crippen LogP contribution in [0.3, 0.4) is 0 Å². The van der Waals surface area contributed by atoms with Crippen LogP contribution < -0.4 is 27.0 Å². The standard InChI is InChI=1S/C56H71F2N9O12/c1-34(25-46(70)35(2)65(6)49(73)26-36-18-22-60-23-19-36)53(77)64-44(29-47(59)71)55(79)63-43(54(78)61-21-10-13-40(69)30-62-48(72)16-17-51(75)76)20-24-67(50(74)33-68)52(56(3,4)5)45-27-38(41-28-39(57)14-15-42(41)58)32-66(45)31-37-11-8-7-9-12-37/h7-9,11-12,14-15,18-19,22-23,27-28,32,34-35,43-44,52,68H,10,13,16-17,20-21,24-26,29-31,33H2,1-6H3,(H2,59,71)(H,61,78)(H,62,72)(H,63,79)(H,64,77)(H,75,76)/t34-,35+,43+,44+,52+/m1/s1. The van der Waals surface area contributed by atoms with Crippen LogP contribution in [0.1, 0.15) is 102 Å². The second kappa shape index (κ2) is 30.1. The van der Waals surface area contributed by atoms with E-state index >= 15 is 4.39 Å². The highest BCUT2D eigenvalue weighted by Gasteiger charge is 2.39. The number of Topliss-reactive ketones (excluding diaryl/α,β-unsaturated/α-hetero) is 2. The lowest BCUT2D eigenvalue weighted by Gasteiger charge is -2.41. The Bertz CT molecular complexity index is 2810. The molecule has 0 aliphatic rings. The molecule has 79 heavy (non-hydrogen) atoms. The number of primary amides is 1. The molecule has 426 valence electrons. The van der Waals surface area contributed by atoms with Gasteiger partial charge in [0, 0.05) is 87.3 Å². The maximum atomic E-state index is 15.4. The number of carboxylic acids is 1. The lowest BCUT2D eigenvalue weighted by molar-refractivity contribution is -0.140. The maximum absolute atomic E-state index is 15.4. The van der Waals surface area contributed by atoms with Crippen molar-refractivity contribution in [2.24, 2.45) is 17.1 Å². The zero-order valence-electron chi connectivity index (χ0n) is 45.3. The minimum Gasteiger partial charge on any atom is -0.481 e. The molecule has 0 saturated carbocycles. The molecule has 0 bridgehead atoms. The molecular formula is C56H71F2N9O12. The van der Waals surface area contributed by atoms with Gasteiger partial charge in [-0.15, -0.1) is 0 Å². The van der Waals surface area contributed by atoms with Gasteiger partial charge in [-0.05, 0) is 72.7 Å². The summed E-state index contributed by atoms with van der Waals surface area (Å²) in [6.45, 7) is 6.59. The molecule has 8 N–H and O–H groups in total. The Balaban J connectivity index is 1.64. The fraction of sp³-hybridized carbons (Fsp3) is 0.446. The van der Waals surface area contributed by atoms with E-state index in [1.165, 1.54) is 43.1 Å². The number of aromatic nitrogens is 2. The van der Waals surface area contributed by atoms with Crippen molar-refractivity contribution in [2.45, 2.75) is 117 Å². The largest absolute Gasteiger partial charge is 0.481 e. The number of nitrogens with one attached hydrogen (secondary N) is 4. The zero-order valence-corrected chi connectivity index (χ0v) is 45.3. The third kappa shape index (κ3) is 20.0. The smallest absolute Gasteiger partial charge is 0.303 e. The lowest BCUT2D eigenvalue weighted by atomic mass is 9.82. The van der Waals surface area contributed by atoms with Gasteiger partial charge in [0.1, 0.15) is 30.3 Å². The first-order valence-electron chi connectivity index (χ1n) is 25.7. The zero-order chi connectivity index (χ0) is 58.6. The number of rotatable bonds is 31. The minimum absolute atomic E-state index is 0.00792. The number of aliphatic carboxylic acids is 1. The number of aliphatic hydroxyl groups excluding tert-OH is 1. The molecule has 0 spiro atoms. The monoisotopic (exact) mass is 1100 g/mol. The van der Waals surface area contributed by atoms with E-state index in [1.807, 2.05) is 30.3 Å². The molecule has 2 aromatic carbocycles. The second-order valence-electron chi connectivity index (χ2n) is 20.4. The van der Waals surface area contributed by atoms with Crippen molar-refractivity contribution in [1.29, 1.82) is 0 Å². The van der Waals surface area contributed by atoms with Gasteiger partial charge in [0.2, 0.25) is 41.4 Å². The van der Waals surface area contributed by atoms with E-state index in [1.54, 1.807) is 49.7 Å². The molecule has 7 amide bonds. The first-order valence-corrected chi connectivity index (χ1v) is 25.7. The summed E-state index contributed by atoms with van der Waals surface area (Å²) in [4.78, 5) is 137. The van der Waals surface area contributed by atoms with Crippen LogP contribution in [-0.4, -0.2) is 140 Å². The van der Waals surface area contributed by atoms with Gasteiger partial charge in [0.25, 0.3) is 0 Å². The average Bonchev–Trinajstić information content (AvgIpc) is 3.85.